The molecule has 0 radical (unpaired) electrons. The minimum atomic E-state index is -0.430. The Balaban J connectivity index is 2.19. The zero-order valence-corrected chi connectivity index (χ0v) is 12.7. The third-order valence-corrected chi connectivity index (χ3v) is 4.16. The maximum absolute atomic E-state index is 12.5. The van der Waals surface area contributed by atoms with E-state index in [9.17, 15) is 9.90 Å². The normalized spacial score (nSPS) is 22.6. The number of aromatic nitrogens is 1. The summed E-state index contributed by atoms with van der Waals surface area (Å²) in [6.45, 7) is 1.97. The molecule has 110 valence electrons. The van der Waals surface area contributed by atoms with Crippen molar-refractivity contribution in [3.05, 3.63) is 28.5 Å². The highest BCUT2D eigenvalue weighted by molar-refractivity contribution is 6.29. The molecular weight excluding hydrogens is 276 g/mol. The molecule has 1 aromatic heterocycles. The number of hydrogen-bond donors (Lipinski definition) is 1. The van der Waals surface area contributed by atoms with Gasteiger partial charge in [-0.05, 0) is 31.4 Å². The highest BCUT2D eigenvalue weighted by Crippen LogP contribution is 2.24. The Hall–Kier alpha value is -1.13. The third-order valence-electron chi connectivity index (χ3n) is 3.97. The first-order valence-electron chi connectivity index (χ1n) is 7.14. The first-order chi connectivity index (χ1) is 9.52. The van der Waals surface area contributed by atoms with Gasteiger partial charge in [-0.3, -0.25) is 4.79 Å². The summed E-state index contributed by atoms with van der Waals surface area (Å²) in [5.41, 5.74) is 1.35. The molecule has 1 aliphatic carbocycles. The van der Waals surface area contributed by atoms with Crippen LogP contribution in [0, 0.1) is 0 Å². The molecule has 20 heavy (non-hydrogen) atoms. The van der Waals surface area contributed by atoms with E-state index in [0.29, 0.717) is 10.7 Å². The van der Waals surface area contributed by atoms with Crippen LogP contribution in [0.2, 0.25) is 5.15 Å². The van der Waals surface area contributed by atoms with Crippen molar-refractivity contribution in [1.82, 2.24) is 9.88 Å². The maximum atomic E-state index is 12.5. The van der Waals surface area contributed by atoms with Gasteiger partial charge in [-0.15, -0.1) is 0 Å². The number of hydrogen-bond acceptors (Lipinski definition) is 3. The van der Waals surface area contributed by atoms with Crippen molar-refractivity contribution >= 4 is 17.5 Å². The number of carbonyl (C=O) groups excluding carboxylic acids is 1. The third kappa shape index (κ3) is 3.30. The van der Waals surface area contributed by atoms with Crippen LogP contribution >= 0.6 is 11.6 Å². The van der Waals surface area contributed by atoms with Crippen LogP contribution in [0.4, 0.5) is 0 Å². The number of aliphatic hydroxyl groups is 1. The summed E-state index contributed by atoms with van der Waals surface area (Å²) in [6.07, 6.45) is 4.00. The summed E-state index contributed by atoms with van der Waals surface area (Å²) in [6, 6.07) is 3.27. The summed E-state index contributed by atoms with van der Waals surface area (Å²) < 4.78 is 0. The van der Waals surface area contributed by atoms with E-state index in [4.69, 9.17) is 11.6 Å². The minimum Gasteiger partial charge on any atom is -0.391 e. The van der Waals surface area contributed by atoms with Gasteiger partial charge in [0.1, 0.15) is 5.15 Å². The first kappa shape index (κ1) is 15.3. The van der Waals surface area contributed by atoms with E-state index in [1.165, 1.54) is 0 Å². The molecule has 0 saturated heterocycles. The van der Waals surface area contributed by atoms with Crippen LogP contribution in [0.1, 0.15) is 48.7 Å². The molecule has 1 heterocycles. The van der Waals surface area contributed by atoms with E-state index in [0.717, 1.165) is 37.8 Å². The molecule has 2 unspecified atom stereocenters. The molecule has 1 amide bonds. The fraction of sp³-hybridized carbons (Fsp3) is 0.600. The zero-order valence-electron chi connectivity index (χ0n) is 12.0. The molecule has 1 saturated carbocycles. The number of aliphatic hydroxyl groups excluding tert-OH is 1. The number of nitrogens with zero attached hydrogens (tertiary/aromatic N) is 2. The van der Waals surface area contributed by atoms with Gasteiger partial charge < -0.3 is 10.0 Å². The maximum Gasteiger partial charge on any atom is 0.254 e. The van der Waals surface area contributed by atoms with Gasteiger partial charge in [0.05, 0.1) is 12.1 Å². The van der Waals surface area contributed by atoms with Gasteiger partial charge >= 0.3 is 0 Å². The molecule has 0 spiro atoms. The highest BCUT2D eigenvalue weighted by Gasteiger charge is 2.30. The topological polar surface area (TPSA) is 53.4 Å². The van der Waals surface area contributed by atoms with Crippen molar-refractivity contribution in [2.45, 2.75) is 51.2 Å². The van der Waals surface area contributed by atoms with Crippen LogP contribution in [0.15, 0.2) is 12.1 Å². The summed E-state index contributed by atoms with van der Waals surface area (Å²) in [5, 5.41) is 10.4. The lowest BCUT2D eigenvalue weighted by molar-refractivity contribution is 0.0268. The molecule has 1 aliphatic rings. The molecule has 1 aromatic rings. The molecule has 0 aliphatic heterocycles. The summed E-state index contributed by atoms with van der Waals surface area (Å²) >= 11 is 5.96. The van der Waals surface area contributed by atoms with Crippen LogP contribution < -0.4 is 0 Å². The van der Waals surface area contributed by atoms with Crippen molar-refractivity contribution in [2.75, 3.05) is 7.05 Å². The number of rotatable bonds is 3. The fourth-order valence-corrected chi connectivity index (χ4v) is 2.98. The number of amides is 1. The molecule has 1 N–H and O–H groups in total. The zero-order chi connectivity index (χ0) is 14.7. The highest BCUT2D eigenvalue weighted by atomic mass is 35.5. The lowest BCUT2D eigenvalue weighted by Crippen LogP contribution is -2.46. The van der Waals surface area contributed by atoms with Crippen molar-refractivity contribution in [1.29, 1.82) is 0 Å². The lowest BCUT2D eigenvalue weighted by Gasteiger charge is -2.35. The predicted octanol–water partition coefficient (Wildman–Crippen LogP) is 2.67. The lowest BCUT2D eigenvalue weighted by atomic mass is 9.91. The number of carbonyl (C=O) groups is 1. The van der Waals surface area contributed by atoms with Gasteiger partial charge in [0.2, 0.25) is 0 Å². The molecule has 0 bridgehead atoms. The second-order valence-electron chi connectivity index (χ2n) is 5.36. The largest absolute Gasteiger partial charge is 0.391 e. The second-order valence-corrected chi connectivity index (χ2v) is 5.75. The monoisotopic (exact) mass is 296 g/mol. The van der Waals surface area contributed by atoms with Gasteiger partial charge in [-0.2, -0.15) is 0 Å². The van der Waals surface area contributed by atoms with Crippen molar-refractivity contribution in [3.63, 3.8) is 0 Å². The SMILES string of the molecule is CCc1cc(C(=O)N(C)C2CCCCC2O)cc(Cl)n1. The van der Waals surface area contributed by atoms with Crippen molar-refractivity contribution in [3.8, 4) is 0 Å². The number of aryl methyl sites for hydroxylation is 1. The Morgan fingerprint density at radius 3 is 2.80 bits per heavy atom. The van der Waals surface area contributed by atoms with Crippen LogP contribution in [0.3, 0.4) is 0 Å². The molecule has 4 nitrogen and oxygen atoms in total. The average Bonchev–Trinajstić information content (AvgIpc) is 2.45. The van der Waals surface area contributed by atoms with E-state index in [1.54, 1.807) is 24.1 Å². The van der Waals surface area contributed by atoms with E-state index >= 15 is 0 Å². The Labute approximate surface area is 124 Å². The predicted molar refractivity (Wildman–Crippen MR) is 79.0 cm³/mol. The first-order valence-corrected chi connectivity index (χ1v) is 7.52. The Bertz CT molecular complexity index is 493. The van der Waals surface area contributed by atoms with Crippen LogP contribution in [-0.4, -0.2) is 40.1 Å². The van der Waals surface area contributed by atoms with Crippen molar-refractivity contribution < 1.29 is 9.90 Å². The molecule has 0 aromatic carbocycles. The van der Waals surface area contributed by atoms with Crippen LogP contribution in [0.25, 0.3) is 0 Å². The minimum absolute atomic E-state index is 0.102. The summed E-state index contributed by atoms with van der Waals surface area (Å²) in [4.78, 5) is 18.4. The Kier molecular flexibility index (Phi) is 5.00. The van der Waals surface area contributed by atoms with Gasteiger partial charge in [0.15, 0.2) is 0 Å². The Morgan fingerprint density at radius 2 is 2.15 bits per heavy atom. The van der Waals surface area contributed by atoms with E-state index in [-0.39, 0.29) is 11.9 Å². The summed E-state index contributed by atoms with van der Waals surface area (Å²) in [7, 11) is 1.75. The van der Waals surface area contributed by atoms with Gasteiger partial charge in [0, 0.05) is 18.3 Å². The number of likely N-dealkylation sites (N-methyl/N-ethyl adjacent to an activating group) is 1. The van der Waals surface area contributed by atoms with Crippen LogP contribution in [0.5, 0.6) is 0 Å². The van der Waals surface area contributed by atoms with Crippen molar-refractivity contribution in [2.24, 2.45) is 0 Å². The average molecular weight is 297 g/mol. The van der Waals surface area contributed by atoms with Crippen LogP contribution in [-0.2, 0) is 6.42 Å². The number of pyridine rings is 1. The molecular formula is C15H21ClN2O2. The second kappa shape index (κ2) is 6.55. The van der Waals surface area contributed by atoms with Gasteiger partial charge in [-0.25, -0.2) is 4.98 Å². The standard InChI is InChI=1S/C15H21ClN2O2/c1-3-11-8-10(9-14(16)17-11)15(20)18(2)12-6-4-5-7-13(12)19/h8-9,12-13,19H,3-7H2,1-2H3. The quantitative estimate of drug-likeness (QED) is 0.873. The van der Waals surface area contributed by atoms with Gasteiger partial charge in [-0.1, -0.05) is 31.4 Å². The fourth-order valence-electron chi connectivity index (χ4n) is 2.75. The van der Waals surface area contributed by atoms with E-state index in [2.05, 4.69) is 4.98 Å². The molecule has 5 heteroatoms. The Morgan fingerprint density at radius 1 is 1.45 bits per heavy atom. The molecule has 2 atom stereocenters. The summed E-state index contributed by atoms with van der Waals surface area (Å²) in [5.74, 6) is -0.102. The van der Waals surface area contributed by atoms with Gasteiger partial charge in [0.25, 0.3) is 5.91 Å². The molecule has 1 fully saturated rings. The van der Waals surface area contributed by atoms with E-state index in [1.807, 2.05) is 6.92 Å². The number of halogens is 1. The van der Waals surface area contributed by atoms with E-state index < -0.39 is 6.10 Å². The molecule has 2 rings (SSSR count). The smallest absolute Gasteiger partial charge is 0.254 e.